The van der Waals surface area contributed by atoms with E-state index in [2.05, 4.69) is 10.2 Å². The van der Waals surface area contributed by atoms with Crippen molar-refractivity contribution < 1.29 is 4.79 Å². The van der Waals surface area contributed by atoms with E-state index in [-0.39, 0.29) is 18.3 Å². The minimum absolute atomic E-state index is 0. The summed E-state index contributed by atoms with van der Waals surface area (Å²) in [6.45, 7) is 3.40. The van der Waals surface area contributed by atoms with Crippen molar-refractivity contribution in [3.8, 4) is 0 Å². The highest BCUT2D eigenvalue weighted by Crippen LogP contribution is 2.30. The van der Waals surface area contributed by atoms with E-state index in [4.69, 9.17) is 5.73 Å². The molecule has 0 saturated carbocycles. The van der Waals surface area contributed by atoms with E-state index in [1.165, 1.54) is 37.3 Å². The Balaban J connectivity index is 0.00000144. The van der Waals surface area contributed by atoms with Crippen molar-refractivity contribution in [1.82, 2.24) is 10.2 Å². The minimum atomic E-state index is 0. The van der Waals surface area contributed by atoms with Crippen LogP contribution in [0.5, 0.6) is 0 Å². The molecule has 5 rings (SSSR count). The molecule has 1 atom stereocenters. The third-order valence-corrected chi connectivity index (χ3v) is 5.84. The molecule has 4 heterocycles. The van der Waals surface area contributed by atoms with Crippen LogP contribution in [-0.4, -0.2) is 36.5 Å². The predicted molar refractivity (Wildman–Crippen MR) is 93.9 cm³/mol. The summed E-state index contributed by atoms with van der Waals surface area (Å²) >= 11 is 1.52. The third kappa shape index (κ3) is 2.81. The Labute approximate surface area is 140 Å². The lowest BCUT2D eigenvalue weighted by atomic mass is 9.84. The van der Waals surface area contributed by atoms with E-state index in [9.17, 15) is 4.79 Å². The lowest BCUT2D eigenvalue weighted by molar-refractivity contribution is 0.0622. The summed E-state index contributed by atoms with van der Waals surface area (Å²) in [7, 11) is 0. The molecular formula is C16H20ClN3OS. The maximum absolute atomic E-state index is 12.5. The van der Waals surface area contributed by atoms with Gasteiger partial charge in [-0.1, -0.05) is 6.07 Å². The van der Waals surface area contributed by atoms with E-state index in [1.807, 2.05) is 24.3 Å². The second kappa shape index (κ2) is 6.07. The molecule has 22 heavy (non-hydrogen) atoms. The van der Waals surface area contributed by atoms with Crippen LogP contribution < -0.4 is 11.1 Å². The number of nitrogens with zero attached hydrogens (tertiary/aromatic N) is 1. The van der Waals surface area contributed by atoms with Gasteiger partial charge in [-0.25, -0.2) is 0 Å². The minimum Gasteiger partial charge on any atom is -0.399 e. The number of hydrogen-bond donors (Lipinski definition) is 2. The Hall–Kier alpha value is -1.30. The molecule has 2 bridgehead atoms. The number of nitrogen functional groups attached to an aromatic ring is 1. The van der Waals surface area contributed by atoms with Crippen molar-refractivity contribution in [2.45, 2.75) is 18.9 Å². The van der Waals surface area contributed by atoms with Crippen LogP contribution >= 0.6 is 23.7 Å². The Bertz CT molecular complexity index is 694. The third-order valence-electron chi connectivity index (χ3n) is 4.74. The molecule has 0 radical (unpaired) electrons. The van der Waals surface area contributed by atoms with Crippen LogP contribution in [0.15, 0.2) is 24.3 Å². The molecular weight excluding hydrogens is 318 g/mol. The number of fused-ring (bicyclic) bond motifs is 4. The van der Waals surface area contributed by atoms with E-state index >= 15 is 0 Å². The molecule has 118 valence electrons. The van der Waals surface area contributed by atoms with Gasteiger partial charge >= 0.3 is 0 Å². The zero-order valence-corrected chi connectivity index (χ0v) is 13.9. The number of halogens is 1. The summed E-state index contributed by atoms with van der Waals surface area (Å²) in [5.41, 5.74) is 6.54. The van der Waals surface area contributed by atoms with Crippen LogP contribution in [0.3, 0.4) is 0 Å². The average Bonchev–Trinajstić information content (AvgIpc) is 2.91. The number of piperidine rings is 3. The zero-order chi connectivity index (χ0) is 14.4. The molecule has 1 amide bonds. The molecule has 0 unspecified atom stereocenters. The van der Waals surface area contributed by atoms with Gasteiger partial charge in [0.1, 0.15) is 0 Å². The number of anilines is 1. The normalized spacial score (nSPS) is 26.6. The second-order valence-electron chi connectivity index (χ2n) is 6.13. The lowest BCUT2D eigenvalue weighted by Crippen LogP contribution is -2.57. The van der Waals surface area contributed by atoms with Crippen molar-refractivity contribution in [2.75, 3.05) is 25.4 Å². The fourth-order valence-corrected chi connectivity index (χ4v) is 4.54. The van der Waals surface area contributed by atoms with Gasteiger partial charge in [-0.2, -0.15) is 0 Å². The van der Waals surface area contributed by atoms with Gasteiger partial charge in [0, 0.05) is 23.0 Å². The Morgan fingerprint density at radius 2 is 2.05 bits per heavy atom. The van der Waals surface area contributed by atoms with Crippen molar-refractivity contribution in [1.29, 1.82) is 0 Å². The summed E-state index contributed by atoms with van der Waals surface area (Å²) in [5.74, 6) is 0.720. The maximum Gasteiger partial charge on any atom is 0.261 e. The summed E-state index contributed by atoms with van der Waals surface area (Å²) in [6, 6.07) is 8.08. The smallest absolute Gasteiger partial charge is 0.261 e. The quantitative estimate of drug-likeness (QED) is 0.828. The topological polar surface area (TPSA) is 58.4 Å². The lowest BCUT2D eigenvalue weighted by Gasteiger charge is -2.44. The number of amides is 1. The van der Waals surface area contributed by atoms with Crippen LogP contribution in [-0.2, 0) is 0 Å². The summed E-state index contributed by atoms with van der Waals surface area (Å²) in [6.07, 6.45) is 2.43. The van der Waals surface area contributed by atoms with E-state index < -0.39 is 0 Å². The number of carbonyl (C=O) groups is 1. The van der Waals surface area contributed by atoms with Gasteiger partial charge in [0.2, 0.25) is 0 Å². The SMILES string of the molecule is Cl.Nc1ccc2cc(C(=O)N[C@H]3CN4CCC3CC4)sc2c1. The van der Waals surface area contributed by atoms with E-state index in [0.29, 0.717) is 12.0 Å². The first-order chi connectivity index (χ1) is 10.2. The fourth-order valence-electron chi connectivity index (χ4n) is 3.53. The van der Waals surface area contributed by atoms with Crippen molar-refractivity contribution in [3.05, 3.63) is 29.1 Å². The standard InChI is InChI=1S/C16H19N3OS.ClH/c17-12-2-1-11-7-15(21-14(11)8-12)16(20)18-13-9-19-5-3-10(13)4-6-19;/h1-2,7-8,10,13H,3-6,9,17H2,(H,18,20);1H/t13-;/m0./s1. The van der Waals surface area contributed by atoms with Crippen LogP contribution in [0.1, 0.15) is 22.5 Å². The number of nitrogens with two attached hydrogens (primary N) is 1. The molecule has 3 N–H and O–H groups in total. The number of thiophene rings is 1. The molecule has 2 aromatic rings. The fraction of sp³-hybridized carbons (Fsp3) is 0.438. The van der Waals surface area contributed by atoms with Crippen molar-refractivity contribution >= 4 is 45.4 Å². The maximum atomic E-state index is 12.5. The first kappa shape index (κ1) is 15.6. The average molecular weight is 338 g/mol. The van der Waals surface area contributed by atoms with Crippen LogP contribution in [0, 0.1) is 5.92 Å². The van der Waals surface area contributed by atoms with Gasteiger partial charge in [0.25, 0.3) is 5.91 Å². The zero-order valence-electron chi connectivity index (χ0n) is 12.2. The molecule has 0 spiro atoms. The molecule has 1 aromatic heterocycles. The molecule has 3 saturated heterocycles. The Morgan fingerprint density at radius 3 is 2.73 bits per heavy atom. The summed E-state index contributed by atoms with van der Waals surface area (Å²) < 4.78 is 1.08. The van der Waals surface area contributed by atoms with Gasteiger partial charge in [-0.05, 0) is 55.4 Å². The number of hydrogen-bond acceptors (Lipinski definition) is 4. The largest absolute Gasteiger partial charge is 0.399 e. The van der Waals surface area contributed by atoms with Gasteiger partial charge < -0.3 is 16.0 Å². The van der Waals surface area contributed by atoms with Gasteiger partial charge in [-0.3, -0.25) is 4.79 Å². The highest BCUT2D eigenvalue weighted by molar-refractivity contribution is 7.20. The summed E-state index contributed by atoms with van der Waals surface area (Å²) in [4.78, 5) is 15.7. The molecule has 3 aliphatic heterocycles. The molecule has 4 nitrogen and oxygen atoms in total. The molecule has 0 aliphatic carbocycles. The monoisotopic (exact) mass is 337 g/mol. The Morgan fingerprint density at radius 1 is 1.27 bits per heavy atom. The first-order valence-corrected chi connectivity index (χ1v) is 8.33. The Kier molecular flexibility index (Phi) is 4.30. The van der Waals surface area contributed by atoms with Crippen LogP contribution in [0.4, 0.5) is 5.69 Å². The van der Waals surface area contributed by atoms with Crippen molar-refractivity contribution in [3.63, 3.8) is 0 Å². The van der Waals surface area contributed by atoms with Crippen molar-refractivity contribution in [2.24, 2.45) is 5.92 Å². The first-order valence-electron chi connectivity index (χ1n) is 7.51. The summed E-state index contributed by atoms with van der Waals surface area (Å²) in [5, 5.41) is 4.33. The highest BCUT2D eigenvalue weighted by Gasteiger charge is 2.35. The number of rotatable bonds is 2. The molecule has 1 aromatic carbocycles. The van der Waals surface area contributed by atoms with Crippen LogP contribution in [0.25, 0.3) is 10.1 Å². The number of nitrogens with one attached hydrogen (secondary N) is 1. The second-order valence-corrected chi connectivity index (χ2v) is 7.21. The van der Waals surface area contributed by atoms with Gasteiger partial charge in [0.05, 0.1) is 4.88 Å². The number of benzene rings is 1. The van der Waals surface area contributed by atoms with Gasteiger partial charge in [-0.15, -0.1) is 23.7 Å². The molecule has 3 aliphatic rings. The highest BCUT2D eigenvalue weighted by atomic mass is 35.5. The predicted octanol–water partition coefficient (Wildman–Crippen LogP) is 2.73. The molecule has 3 fully saturated rings. The van der Waals surface area contributed by atoms with Gasteiger partial charge in [0.15, 0.2) is 0 Å². The van der Waals surface area contributed by atoms with E-state index in [0.717, 1.165) is 27.2 Å². The van der Waals surface area contributed by atoms with Crippen LogP contribution in [0.2, 0.25) is 0 Å². The van der Waals surface area contributed by atoms with E-state index in [1.54, 1.807) is 0 Å². The molecule has 6 heteroatoms. The number of carbonyl (C=O) groups excluding carboxylic acids is 1.